The highest BCUT2D eigenvalue weighted by atomic mass is 16.3. The molecule has 5 nitrogen and oxygen atoms in total. The topological polar surface area (TPSA) is 56.7 Å². The van der Waals surface area contributed by atoms with Crippen LogP contribution < -0.4 is 0 Å². The monoisotopic (exact) mass is 658 g/mol. The molecule has 0 saturated heterocycles. The van der Waals surface area contributed by atoms with Gasteiger partial charge in [0.1, 0.15) is 11.2 Å². The molecule has 5 heteroatoms. The van der Waals surface area contributed by atoms with Crippen molar-refractivity contribution in [1.29, 1.82) is 0 Å². The van der Waals surface area contributed by atoms with Crippen LogP contribution in [0.1, 0.15) is 24.7 Å². The molecule has 0 amide bonds. The highest BCUT2D eigenvalue weighted by Crippen LogP contribution is 2.38. The molecule has 0 bridgehead atoms. The van der Waals surface area contributed by atoms with Gasteiger partial charge in [0.15, 0.2) is 17.5 Å². The summed E-state index contributed by atoms with van der Waals surface area (Å²) in [5, 5.41) is -1.50. The summed E-state index contributed by atoms with van der Waals surface area (Å²) in [7, 11) is 0. The van der Waals surface area contributed by atoms with Gasteiger partial charge in [-0.3, -0.25) is 0 Å². The molecule has 7 aromatic carbocycles. The SMILES string of the molecule is [2H]c1c([2H])c([2H])c(-c2c([2H])c([2H])c3oc4c([2H])c([2H])c(-n5c6c([2H])c([2H])c([2H])c([2H])c6c6c([2H])c(-c7nc(-c8ccccc8)nc(-c8ccccc8)n7)c([2H])c([2H])c65)c([2H])c4c3c2[2H])c([2H])c1[2H]. The largest absolute Gasteiger partial charge is 0.456 e. The van der Waals surface area contributed by atoms with Crippen molar-refractivity contribution < 1.29 is 29.1 Å². The van der Waals surface area contributed by atoms with Crippen LogP contribution in [0.15, 0.2) is 174 Å². The molecule has 0 saturated carbocycles. The minimum absolute atomic E-state index is 0.155. The lowest BCUT2D eigenvalue weighted by Crippen LogP contribution is -2.00. The van der Waals surface area contributed by atoms with Crippen LogP contribution in [0.25, 0.3) is 94.7 Å². The molecule has 50 heavy (non-hydrogen) atoms. The van der Waals surface area contributed by atoms with E-state index in [9.17, 15) is 12.3 Å². The van der Waals surface area contributed by atoms with Gasteiger partial charge in [0.05, 0.1) is 35.7 Å². The van der Waals surface area contributed by atoms with Crippen LogP contribution >= 0.6 is 0 Å². The van der Waals surface area contributed by atoms with Crippen LogP contribution in [0.4, 0.5) is 0 Å². The zero-order valence-electron chi connectivity index (χ0n) is 43.5. The van der Waals surface area contributed by atoms with Gasteiger partial charge in [0.2, 0.25) is 0 Å². The van der Waals surface area contributed by atoms with E-state index in [1.807, 2.05) is 0 Å². The van der Waals surface area contributed by atoms with Crippen LogP contribution in [-0.2, 0) is 0 Å². The highest BCUT2D eigenvalue weighted by molar-refractivity contribution is 6.11. The van der Waals surface area contributed by atoms with E-state index >= 15 is 0 Å². The van der Waals surface area contributed by atoms with Crippen LogP contribution in [0, 0.1) is 0 Å². The first-order valence-corrected chi connectivity index (χ1v) is 15.2. The number of nitrogens with zero attached hydrogens (tertiary/aromatic N) is 4. The number of furan rings is 1. The number of benzene rings is 7. The zero-order chi connectivity index (χ0) is 48.7. The average molecular weight is 659 g/mol. The van der Waals surface area contributed by atoms with Gasteiger partial charge >= 0.3 is 0 Å². The van der Waals surface area contributed by atoms with Gasteiger partial charge in [-0.2, -0.15) is 0 Å². The van der Waals surface area contributed by atoms with E-state index in [0.29, 0.717) is 11.1 Å². The lowest BCUT2D eigenvalue weighted by Gasteiger charge is -2.10. The molecule has 0 N–H and O–H groups in total. The molecule has 0 radical (unpaired) electrons. The molecule has 0 aliphatic heterocycles. The molecule has 0 atom stereocenters. The fourth-order valence-electron chi connectivity index (χ4n) is 5.77. The molecule has 0 fully saturated rings. The summed E-state index contributed by atoms with van der Waals surface area (Å²) in [5.74, 6) is 0.0922. The highest BCUT2D eigenvalue weighted by Gasteiger charge is 2.18. The Morgan fingerprint density at radius 3 is 1.70 bits per heavy atom. The van der Waals surface area contributed by atoms with Gasteiger partial charge in [-0.1, -0.05) is 115 Å². The van der Waals surface area contributed by atoms with E-state index in [4.69, 9.17) is 16.8 Å². The molecule has 0 aliphatic carbocycles. The lowest BCUT2D eigenvalue weighted by molar-refractivity contribution is 0.669. The smallest absolute Gasteiger partial charge is 0.164 e. The van der Waals surface area contributed by atoms with Crippen molar-refractivity contribution in [2.24, 2.45) is 0 Å². The maximum Gasteiger partial charge on any atom is 0.164 e. The fraction of sp³-hybridized carbons (Fsp3) is 0. The maximum absolute atomic E-state index is 9.78. The summed E-state index contributed by atoms with van der Waals surface area (Å²) in [5.41, 5.74) is -2.89. The van der Waals surface area contributed by atoms with E-state index in [1.54, 1.807) is 60.7 Å². The Labute approximate surface area is 313 Å². The third kappa shape index (κ3) is 4.67. The van der Waals surface area contributed by atoms with Gasteiger partial charge in [-0.15, -0.1) is 0 Å². The summed E-state index contributed by atoms with van der Waals surface area (Å²) in [4.78, 5) is 14.0. The molecule has 3 aromatic heterocycles. The fourth-order valence-corrected chi connectivity index (χ4v) is 5.77. The third-order valence-corrected chi connectivity index (χ3v) is 8.05. The first-order chi connectivity index (χ1) is 32.3. The Hall–Kier alpha value is -6.85. The van der Waals surface area contributed by atoms with Crippen LogP contribution in [0.3, 0.4) is 0 Å². The molecular formula is C45H28N4O. The number of hydrogen-bond acceptors (Lipinski definition) is 4. The Morgan fingerprint density at radius 2 is 0.980 bits per heavy atom. The van der Waals surface area contributed by atoms with Crippen molar-refractivity contribution in [3.05, 3.63) is 169 Å². The predicted molar refractivity (Wildman–Crippen MR) is 203 cm³/mol. The Bertz CT molecular complexity index is 3810. The zero-order valence-corrected chi connectivity index (χ0v) is 25.5. The van der Waals surface area contributed by atoms with E-state index < -0.39 is 159 Å². The number of fused-ring (bicyclic) bond motifs is 6. The molecule has 3 heterocycles. The van der Waals surface area contributed by atoms with Crippen LogP contribution in [0.5, 0.6) is 0 Å². The van der Waals surface area contributed by atoms with E-state index in [0.717, 1.165) is 4.57 Å². The second-order valence-corrected chi connectivity index (χ2v) is 11.1. The molecule has 0 aliphatic rings. The second kappa shape index (κ2) is 11.4. The van der Waals surface area contributed by atoms with Crippen molar-refractivity contribution in [2.75, 3.05) is 0 Å². The van der Waals surface area contributed by atoms with Crippen LogP contribution in [-0.4, -0.2) is 19.5 Å². The second-order valence-electron chi connectivity index (χ2n) is 11.1. The molecular weight excluding hydrogens is 613 g/mol. The normalized spacial score (nSPS) is 16.6. The number of rotatable bonds is 5. The Morgan fingerprint density at radius 1 is 0.420 bits per heavy atom. The van der Waals surface area contributed by atoms with Gasteiger partial charge in [0, 0.05) is 43.9 Å². The van der Waals surface area contributed by atoms with Gasteiger partial charge in [-0.25, -0.2) is 15.0 Å². The summed E-state index contributed by atoms with van der Waals surface area (Å²) < 4.78 is 169. The first kappa shape index (κ1) is 15.6. The quantitative estimate of drug-likeness (QED) is 0.185. The minimum Gasteiger partial charge on any atom is -0.456 e. The summed E-state index contributed by atoms with van der Waals surface area (Å²) in [6, 6.07) is 4.36. The van der Waals surface area contributed by atoms with Crippen LogP contribution in [0.2, 0.25) is 0 Å². The molecule has 0 unspecified atom stereocenters. The third-order valence-electron chi connectivity index (χ3n) is 8.05. The maximum atomic E-state index is 9.78. The molecule has 234 valence electrons. The Kier molecular flexibility index (Phi) is 3.55. The standard InChI is InChI=1S/C45H28N4O/c1-4-12-29(13-5-1)32-21-24-41-37(26-32)38-28-34(22-25-42(38)50-41)49-39-19-11-10-18-35(39)36-27-33(20-23-40(36)49)45-47-43(30-14-6-2-7-15-30)46-44(48-45)31-16-8-3-9-17-31/h1-28H/i1D,4D,5D,10D,11D,12D,13D,18D,19D,20D,21D,22D,23D,24D,25D,26D,27D,28D. The number of hydrogen-bond donors (Lipinski definition) is 0. The lowest BCUT2D eigenvalue weighted by atomic mass is 10.0. The van der Waals surface area contributed by atoms with Gasteiger partial charge in [0.25, 0.3) is 0 Å². The van der Waals surface area contributed by atoms with E-state index in [2.05, 4.69) is 15.0 Å². The average Bonchev–Trinajstić information content (AvgIpc) is 3.92. The van der Waals surface area contributed by atoms with E-state index in [1.165, 1.54) is 0 Å². The number of para-hydroxylation sites is 1. The van der Waals surface area contributed by atoms with Gasteiger partial charge < -0.3 is 8.98 Å². The molecule has 10 aromatic rings. The summed E-state index contributed by atoms with van der Waals surface area (Å²) in [6.45, 7) is 0. The first-order valence-electron chi connectivity index (χ1n) is 24.2. The molecule has 10 rings (SSSR count). The van der Waals surface area contributed by atoms with Crippen molar-refractivity contribution >= 4 is 43.7 Å². The van der Waals surface area contributed by atoms with Crippen molar-refractivity contribution in [3.8, 4) is 51.0 Å². The van der Waals surface area contributed by atoms with Crippen molar-refractivity contribution in [1.82, 2.24) is 19.5 Å². The van der Waals surface area contributed by atoms with Crippen molar-refractivity contribution in [3.63, 3.8) is 0 Å². The number of aromatic nitrogens is 4. The Balaban J connectivity index is 1.36. The predicted octanol–water partition coefficient (Wildman–Crippen LogP) is 11.5. The van der Waals surface area contributed by atoms with Gasteiger partial charge in [-0.05, 0) is 65.5 Å². The minimum atomic E-state index is -0.804. The summed E-state index contributed by atoms with van der Waals surface area (Å²) >= 11 is 0. The van der Waals surface area contributed by atoms with Crippen molar-refractivity contribution in [2.45, 2.75) is 0 Å². The molecule has 0 spiro atoms. The summed E-state index contributed by atoms with van der Waals surface area (Å²) in [6.07, 6.45) is 0. The van der Waals surface area contributed by atoms with E-state index in [-0.39, 0.29) is 33.8 Å².